The van der Waals surface area contributed by atoms with E-state index in [1.54, 1.807) is 12.3 Å². The molecular weight excluding hydrogens is 513 g/mol. The van der Waals surface area contributed by atoms with Gasteiger partial charge < -0.3 is 19.6 Å². The molecule has 0 spiro atoms. The van der Waals surface area contributed by atoms with Crippen LogP contribution in [0, 0.1) is 5.92 Å². The van der Waals surface area contributed by atoms with Crippen LogP contribution >= 0.6 is 0 Å². The zero-order valence-corrected chi connectivity index (χ0v) is 22.2. The number of hydrogen-bond acceptors (Lipinski definition) is 8. The summed E-state index contributed by atoms with van der Waals surface area (Å²) in [5, 5.41) is 9.14. The van der Waals surface area contributed by atoms with E-state index in [0.717, 1.165) is 50.3 Å². The third-order valence-electron chi connectivity index (χ3n) is 6.44. The van der Waals surface area contributed by atoms with Crippen molar-refractivity contribution in [3.63, 3.8) is 0 Å². The SMILES string of the molecule is C=C(C)/C=C(\C=NC(=C)NNc1cccc(OC(F)(F)F)c1)N1CCN(CC(=O)N2CCC(CCO)C2)CC1. The van der Waals surface area contributed by atoms with Crippen molar-refractivity contribution < 1.29 is 27.8 Å². The molecule has 2 heterocycles. The van der Waals surface area contributed by atoms with Gasteiger partial charge in [0, 0.05) is 51.9 Å². The molecule has 0 radical (unpaired) electrons. The summed E-state index contributed by atoms with van der Waals surface area (Å²) >= 11 is 0. The van der Waals surface area contributed by atoms with Crippen molar-refractivity contribution in [3.8, 4) is 5.75 Å². The Balaban J connectivity index is 1.49. The smallest absolute Gasteiger partial charge is 0.406 e. The van der Waals surface area contributed by atoms with Gasteiger partial charge in [-0.3, -0.25) is 20.5 Å². The van der Waals surface area contributed by atoms with E-state index in [-0.39, 0.29) is 24.1 Å². The number of ether oxygens (including phenoxy) is 1. The Morgan fingerprint density at radius 3 is 2.62 bits per heavy atom. The molecule has 1 unspecified atom stereocenters. The topological polar surface area (TPSA) is 92.7 Å². The first-order valence-corrected chi connectivity index (χ1v) is 12.9. The number of hydrogen-bond donors (Lipinski definition) is 3. The quantitative estimate of drug-likeness (QED) is 0.209. The number of carbonyl (C=O) groups excluding carboxylic acids is 1. The van der Waals surface area contributed by atoms with Gasteiger partial charge in [0.2, 0.25) is 5.91 Å². The van der Waals surface area contributed by atoms with Crippen molar-refractivity contribution in [1.29, 1.82) is 0 Å². The molecule has 12 heteroatoms. The molecule has 0 aromatic heterocycles. The summed E-state index contributed by atoms with van der Waals surface area (Å²) in [6.07, 6.45) is 0.480. The van der Waals surface area contributed by atoms with Crippen molar-refractivity contribution in [1.82, 2.24) is 20.1 Å². The second-order valence-electron chi connectivity index (χ2n) is 9.72. The highest BCUT2D eigenvalue weighted by molar-refractivity contribution is 5.80. The van der Waals surface area contributed by atoms with Gasteiger partial charge >= 0.3 is 6.36 Å². The summed E-state index contributed by atoms with van der Waals surface area (Å²) in [4.78, 5) is 23.3. The molecule has 0 bridgehead atoms. The van der Waals surface area contributed by atoms with Gasteiger partial charge in [0.1, 0.15) is 11.6 Å². The van der Waals surface area contributed by atoms with Gasteiger partial charge in [-0.1, -0.05) is 24.8 Å². The Morgan fingerprint density at radius 2 is 1.95 bits per heavy atom. The third-order valence-corrected chi connectivity index (χ3v) is 6.44. The van der Waals surface area contributed by atoms with Crippen LogP contribution in [0.5, 0.6) is 5.75 Å². The molecule has 1 amide bonds. The maximum Gasteiger partial charge on any atom is 0.573 e. The number of benzene rings is 1. The summed E-state index contributed by atoms with van der Waals surface area (Å²) in [5.74, 6) is 0.424. The molecule has 1 aromatic carbocycles. The van der Waals surface area contributed by atoms with Crippen LogP contribution in [0.3, 0.4) is 0 Å². The second-order valence-corrected chi connectivity index (χ2v) is 9.72. The molecule has 2 fully saturated rings. The number of likely N-dealkylation sites (tertiary alicyclic amines) is 1. The minimum atomic E-state index is -4.77. The van der Waals surface area contributed by atoms with E-state index in [9.17, 15) is 18.0 Å². The number of nitrogens with zero attached hydrogens (tertiary/aromatic N) is 4. The number of piperazine rings is 1. The average molecular weight is 551 g/mol. The van der Waals surface area contributed by atoms with Crippen molar-refractivity contribution in [2.75, 3.05) is 57.8 Å². The Kier molecular flexibility index (Phi) is 10.8. The van der Waals surface area contributed by atoms with E-state index in [4.69, 9.17) is 5.11 Å². The summed E-state index contributed by atoms with van der Waals surface area (Å²) in [7, 11) is 0. The van der Waals surface area contributed by atoms with Crippen molar-refractivity contribution in [2.45, 2.75) is 26.1 Å². The molecule has 2 aliphatic rings. The lowest BCUT2D eigenvalue weighted by molar-refractivity contribution is -0.274. The molecule has 214 valence electrons. The number of alkyl halides is 3. The number of halogens is 3. The number of aliphatic imine (C=N–C) groups is 1. The normalized spacial score (nSPS) is 18.9. The minimum absolute atomic E-state index is 0.133. The third kappa shape index (κ3) is 10.3. The standard InChI is InChI=1S/C27H37F3N6O3/c1-20(2)15-24(17-31-21(3)32-33-23-5-4-6-25(16-23)39-27(28,29)30)35-12-10-34(11-13-35)19-26(38)36-9-7-22(18-36)8-14-37/h4-6,15-17,22,32-33,37H,1,3,7-14,18-19H2,2H3/b24-15+,31-17?. The molecule has 2 aliphatic heterocycles. The van der Waals surface area contributed by atoms with Gasteiger partial charge in [-0.15, -0.1) is 13.2 Å². The van der Waals surface area contributed by atoms with Crippen LogP contribution in [0.25, 0.3) is 0 Å². The van der Waals surface area contributed by atoms with Gasteiger partial charge in [0.05, 0.1) is 24.1 Å². The van der Waals surface area contributed by atoms with E-state index in [1.807, 2.05) is 17.9 Å². The van der Waals surface area contributed by atoms with E-state index < -0.39 is 6.36 Å². The Hall–Kier alpha value is -3.51. The molecule has 0 aliphatic carbocycles. The molecule has 39 heavy (non-hydrogen) atoms. The molecule has 0 saturated carbocycles. The van der Waals surface area contributed by atoms with Gasteiger partial charge in [0.25, 0.3) is 0 Å². The fraction of sp³-hybridized carbons (Fsp3) is 0.481. The zero-order valence-electron chi connectivity index (χ0n) is 22.2. The first kappa shape index (κ1) is 30.0. The molecule has 2 saturated heterocycles. The second kappa shape index (κ2) is 14.0. The molecule has 3 rings (SSSR count). The first-order valence-electron chi connectivity index (χ1n) is 12.9. The molecule has 1 aromatic rings. The number of aliphatic hydroxyl groups excluding tert-OH is 1. The summed E-state index contributed by atoms with van der Waals surface area (Å²) < 4.78 is 41.3. The molecule has 1 atom stereocenters. The lowest BCUT2D eigenvalue weighted by Gasteiger charge is -2.36. The number of rotatable bonds is 12. The van der Waals surface area contributed by atoms with Crippen LogP contribution in [-0.4, -0.2) is 90.7 Å². The van der Waals surface area contributed by atoms with Gasteiger partial charge in [0.15, 0.2) is 0 Å². The molecular formula is C27H37F3N6O3. The number of carbonyl (C=O) groups is 1. The van der Waals surface area contributed by atoms with Crippen LogP contribution < -0.4 is 15.6 Å². The van der Waals surface area contributed by atoms with E-state index in [2.05, 4.69) is 43.5 Å². The lowest BCUT2D eigenvalue weighted by Crippen LogP contribution is -2.49. The maximum absolute atomic E-state index is 12.7. The molecule has 9 nitrogen and oxygen atoms in total. The Bertz CT molecular complexity index is 1070. The number of nitrogens with one attached hydrogen (secondary N) is 2. The highest BCUT2D eigenvalue weighted by Crippen LogP contribution is 2.25. The van der Waals surface area contributed by atoms with E-state index in [0.29, 0.717) is 31.2 Å². The molecule has 3 N–H and O–H groups in total. The van der Waals surface area contributed by atoms with Crippen LogP contribution in [0.1, 0.15) is 19.8 Å². The predicted molar refractivity (Wildman–Crippen MR) is 145 cm³/mol. The maximum atomic E-state index is 12.7. The van der Waals surface area contributed by atoms with Gasteiger partial charge in [-0.25, -0.2) is 4.99 Å². The fourth-order valence-electron chi connectivity index (χ4n) is 4.49. The van der Waals surface area contributed by atoms with Crippen molar-refractivity contribution in [2.24, 2.45) is 10.9 Å². The minimum Gasteiger partial charge on any atom is -0.406 e. The van der Waals surface area contributed by atoms with Crippen molar-refractivity contribution in [3.05, 3.63) is 60.6 Å². The Morgan fingerprint density at radius 1 is 1.21 bits per heavy atom. The number of hydrazine groups is 1. The van der Waals surface area contributed by atoms with Gasteiger partial charge in [-0.2, -0.15) is 0 Å². The van der Waals surface area contributed by atoms with E-state index in [1.165, 1.54) is 18.2 Å². The zero-order chi connectivity index (χ0) is 28.4. The van der Waals surface area contributed by atoms with Crippen LogP contribution in [-0.2, 0) is 4.79 Å². The van der Waals surface area contributed by atoms with Crippen LogP contribution in [0.15, 0.2) is 65.6 Å². The van der Waals surface area contributed by atoms with Crippen LogP contribution in [0.2, 0.25) is 0 Å². The first-order chi connectivity index (χ1) is 18.5. The van der Waals surface area contributed by atoms with Crippen LogP contribution in [0.4, 0.5) is 18.9 Å². The number of anilines is 1. The lowest BCUT2D eigenvalue weighted by atomic mass is 10.1. The predicted octanol–water partition coefficient (Wildman–Crippen LogP) is 3.35. The van der Waals surface area contributed by atoms with Gasteiger partial charge in [-0.05, 0) is 43.9 Å². The highest BCUT2D eigenvalue weighted by atomic mass is 19.4. The highest BCUT2D eigenvalue weighted by Gasteiger charge is 2.31. The number of allylic oxidation sites excluding steroid dienone is 3. The number of amides is 1. The summed E-state index contributed by atoms with van der Waals surface area (Å²) in [6.45, 7) is 14.5. The Labute approximate surface area is 227 Å². The van der Waals surface area contributed by atoms with Crippen molar-refractivity contribution >= 4 is 17.8 Å². The average Bonchev–Trinajstić information content (AvgIpc) is 3.34. The fourth-order valence-corrected chi connectivity index (χ4v) is 4.49. The van der Waals surface area contributed by atoms with E-state index >= 15 is 0 Å². The number of aliphatic hydroxyl groups is 1. The largest absolute Gasteiger partial charge is 0.573 e. The summed E-state index contributed by atoms with van der Waals surface area (Å²) in [6, 6.07) is 5.40. The monoisotopic (exact) mass is 550 g/mol. The summed E-state index contributed by atoms with van der Waals surface area (Å²) in [5.41, 5.74) is 7.53.